The molecule has 12 heavy (non-hydrogen) atoms. The van der Waals surface area contributed by atoms with E-state index in [4.69, 9.17) is 17.3 Å². The third-order valence-corrected chi connectivity index (χ3v) is 2.11. The number of nitrogen functional groups attached to an aromatic ring is 1. The molecule has 64 valence electrons. The minimum Gasteiger partial charge on any atom is -0.382 e. The second-order valence-electron chi connectivity index (χ2n) is 2.84. The van der Waals surface area contributed by atoms with Crippen molar-refractivity contribution in [1.29, 1.82) is 0 Å². The van der Waals surface area contributed by atoms with Crippen LogP contribution in [0.25, 0.3) is 0 Å². The molecule has 1 heterocycles. The molecule has 1 aromatic rings. The number of hydrogen-bond acceptors (Lipinski definition) is 4. The van der Waals surface area contributed by atoms with Crippen molar-refractivity contribution in [3.05, 3.63) is 11.3 Å². The van der Waals surface area contributed by atoms with Crippen molar-refractivity contribution in [3.63, 3.8) is 0 Å². The van der Waals surface area contributed by atoms with E-state index in [1.807, 2.05) is 0 Å². The standard InChI is InChI=1S/C7H9ClN4/c8-5-6(9)10-3-11-7(5)12-4-1-2-4/h3-4H,1-2H2,(H3,9,10,11,12). The molecule has 0 aliphatic heterocycles. The second kappa shape index (κ2) is 2.79. The number of halogens is 1. The summed E-state index contributed by atoms with van der Waals surface area (Å²) in [7, 11) is 0. The van der Waals surface area contributed by atoms with Crippen LogP contribution in [-0.4, -0.2) is 16.0 Å². The van der Waals surface area contributed by atoms with Gasteiger partial charge in [0.05, 0.1) is 0 Å². The van der Waals surface area contributed by atoms with Crippen LogP contribution in [-0.2, 0) is 0 Å². The maximum atomic E-state index is 5.85. The Kier molecular flexibility index (Phi) is 1.77. The van der Waals surface area contributed by atoms with Crippen molar-refractivity contribution < 1.29 is 0 Å². The molecule has 0 radical (unpaired) electrons. The fourth-order valence-corrected chi connectivity index (χ4v) is 1.06. The summed E-state index contributed by atoms with van der Waals surface area (Å²) in [6, 6.07) is 0.525. The Balaban J connectivity index is 2.23. The fraction of sp³-hybridized carbons (Fsp3) is 0.429. The lowest BCUT2D eigenvalue weighted by Gasteiger charge is -2.05. The molecule has 1 aliphatic carbocycles. The Bertz CT molecular complexity index is 297. The minimum atomic E-state index is 0.329. The molecular formula is C7H9ClN4. The lowest BCUT2D eigenvalue weighted by Crippen LogP contribution is -2.05. The van der Waals surface area contributed by atoms with Crippen LogP contribution in [0.2, 0.25) is 5.02 Å². The van der Waals surface area contributed by atoms with Gasteiger partial charge < -0.3 is 11.1 Å². The number of anilines is 2. The van der Waals surface area contributed by atoms with Gasteiger partial charge in [-0.25, -0.2) is 9.97 Å². The maximum Gasteiger partial charge on any atom is 0.150 e. The lowest BCUT2D eigenvalue weighted by molar-refractivity contribution is 1.09. The van der Waals surface area contributed by atoms with Gasteiger partial charge in [-0.3, -0.25) is 0 Å². The molecule has 0 amide bonds. The van der Waals surface area contributed by atoms with E-state index in [-0.39, 0.29) is 0 Å². The smallest absolute Gasteiger partial charge is 0.150 e. The van der Waals surface area contributed by atoms with E-state index >= 15 is 0 Å². The van der Waals surface area contributed by atoms with E-state index < -0.39 is 0 Å². The number of rotatable bonds is 2. The average molecular weight is 185 g/mol. The summed E-state index contributed by atoms with van der Waals surface area (Å²) in [4.78, 5) is 7.75. The highest BCUT2D eigenvalue weighted by molar-refractivity contribution is 6.35. The van der Waals surface area contributed by atoms with Crippen LogP contribution in [0.1, 0.15) is 12.8 Å². The van der Waals surface area contributed by atoms with E-state index in [0.717, 1.165) is 0 Å². The summed E-state index contributed by atoms with van der Waals surface area (Å²) in [6.07, 6.45) is 3.77. The van der Waals surface area contributed by atoms with Crippen molar-refractivity contribution in [2.45, 2.75) is 18.9 Å². The third-order valence-electron chi connectivity index (χ3n) is 1.73. The van der Waals surface area contributed by atoms with Gasteiger partial charge in [0.1, 0.15) is 17.2 Å². The van der Waals surface area contributed by atoms with E-state index in [9.17, 15) is 0 Å². The van der Waals surface area contributed by atoms with Crippen LogP contribution >= 0.6 is 11.6 Å². The van der Waals surface area contributed by atoms with Crippen molar-refractivity contribution in [2.75, 3.05) is 11.1 Å². The van der Waals surface area contributed by atoms with Gasteiger partial charge in [0.25, 0.3) is 0 Å². The summed E-state index contributed by atoms with van der Waals surface area (Å²) in [5.74, 6) is 0.974. The third kappa shape index (κ3) is 1.43. The first-order valence-electron chi connectivity index (χ1n) is 3.80. The highest BCUT2D eigenvalue weighted by Gasteiger charge is 2.22. The van der Waals surface area contributed by atoms with Crippen LogP contribution in [0.15, 0.2) is 6.33 Å². The Hall–Kier alpha value is -1.03. The molecule has 0 bridgehead atoms. The molecule has 1 fully saturated rings. The van der Waals surface area contributed by atoms with Crippen LogP contribution in [0.5, 0.6) is 0 Å². The summed E-state index contributed by atoms with van der Waals surface area (Å²) in [5.41, 5.74) is 5.49. The van der Waals surface area contributed by atoms with Crippen LogP contribution in [0, 0.1) is 0 Å². The van der Waals surface area contributed by atoms with Gasteiger partial charge in [0.15, 0.2) is 5.82 Å². The molecular weight excluding hydrogens is 176 g/mol. The van der Waals surface area contributed by atoms with Gasteiger partial charge in [0, 0.05) is 6.04 Å². The largest absolute Gasteiger partial charge is 0.382 e. The van der Waals surface area contributed by atoms with E-state index in [1.54, 1.807) is 0 Å². The van der Waals surface area contributed by atoms with Crippen molar-refractivity contribution in [1.82, 2.24) is 9.97 Å². The first-order valence-corrected chi connectivity index (χ1v) is 4.17. The van der Waals surface area contributed by atoms with Crippen molar-refractivity contribution >= 4 is 23.2 Å². The molecule has 2 rings (SSSR count). The lowest BCUT2D eigenvalue weighted by atomic mass is 10.5. The Morgan fingerprint density at radius 2 is 2.25 bits per heavy atom. The van der Waals surface area contributed by atoms with Crippen LogP contribution < -0.4 is 11.1 Å². The molecule has 3 N–H and O–H groups in total. The van der Waals surface area contributed by atoms with E-state index in [0.29, 0.717) is 22.7 Å². The second-order valence-corrected chi connectivity index (χ2v) is 3.22. The fourth-order valence-electron chi connectivity index (χ4n) is 0.905. The van der Waals surface area contributed by atoms with Crippen molar-refractivity contribution in [3.8, 4) is 0 Å². The number of aromatic nitrogens is 2. The average Bonchev–Trinajstić information content (AvgIpc) is 2.83. The first-order chi connectivity index (χ1) is 5.77. The molecule has 0 unspecified atom stereocenters. The number of nitrogens with two attached hydrogens (primary N) is 1. The molecule has 4 nitrogen and oxygen atoms in total. The molecule has 0 spiro atoms. The zero-order valence-electron chi connectivity index (χ0n) is 6.42. The monoisotopic (exact) mass is 184 g/mol. The molecule has 1 aliphatic rings. The SMILES string of the molecule is Nc1ncnc(NC2CC2)c1Cl. The number of hydrogen-bond donors (Lipinski definition) is 2. The molecule has 1 aromatic heterocycles. The summed E-state index contributed by atoms with van der Waals surface area (Å²) >= 11 is 5.85. The first kappa shape index (κ1) is 7.61. The number of nitrogens with one attached hydrogen (secondary N) is 1. The Labute approximate surface area is 75.2 Å². The van der Waals surface area contributed by atoms with E-state index in [2.05, 4.69) is 15.3 Å². The molecule has 1 saturated carbocycles. The quantitative estimate of drug-likeness (QED) is 0.727. The minimum absolute atomic E-state index is 0.329. The topological polar surface area (TPSA) is 63.8 Å². The van der Waals surface area contributed by atoms with Gasteiger partial charge in [0.2, 0.25) is 0 Å². The van der Waals surface area contributed by atoms with Gasteiger partial charge in [-0.1, -0.05) is 11.6 Å². The van der Waals surface area contributed by atoms with E-state index in [1.165, 1.54) is 19.2 Å². The molecule has 5 heteroatoms. The van der Waals surface area contributed by atoms with Gasteiger partial charge in [-0.2, -0.15) is 0 Å². The summed E-state index contributed by atoms with van der Waals surface area (Å²) in [5, 5.41) is 3.58. The van der Waals surface area contributed by atoms with Crippen LogP contribution in [0.4, 0.5) is 11.6 Å². The summed E-state index contributed by atoms with van der Waals surface area (Å²) in [6.45, 7) is 0. The van der Waals surface area contributed by atoms with Crippen LogP contribution in [0.3, 0.4) is 0 Å². The summed E-state index contributed by atoms with van der Waals surface area (Å²) < 4.78 is 0. The maximum absolute atomic E-state index is 5.85. The Morgan fingerprint density at radius 1 is 1.50 bits per heavy atom. The van der Waals surface area contributed by atoms with Gasteiger partial charge >= 0.3 is 0 Å². The molecule has 0 aromatic carbocycles. The van der Waals surface area contributed by atoms with Gasteiger partial charge in [-0.15, -0.1) is 0 Å². The molecule has 0 atom stereocenters. The molecule has 0 saturated heterocycles. The zero-order chi connectivity index (χ0) is 8.55. The number of nitrogens with zero attached hydrogens (tertiary/aromatic N) is 2. The highest BCUT2D eigenvalue weighted by Crippen LogP contribution is 2.29. The normalized spacial score (nSPS) is 16.1. The predicted molar refractivity (Wildman–Crippen MR) is 48.1 cm³/mol. The Morgan fingerprint density at radius 3 is 2.92 bits per heavy atom. The zero-order valence-corrected chi connectivity index (χ0v) is 7.17. The van der Waals surface area contributed by atoms with Crippen molar-refractivity contribution in [2.24, 2.45) is 0 Å². The highest BCUT2D eigenvalue weighted by atomic mass is 35.5. The predicted octanol–water partition coefficient (Wildman–Crippen LogP) is 1.29. The van der Waals surface area contributed by atoms with Gasteiger partial charge in [-0.05, 0) is 12.8 Å².